The average Bonchev–Trinajstić information content (AvgIpc) is 2.86. The molecule has 0 spiro atoms. The number of likely N-dealkylation sites (N-methyl/N-ethyl adjacent to an activating group) is 2. The molecule has 0 aliphatic heterocycles. The summed E-state index contributed by atoms with van der Waals surface area (Å²) < 4.78 is 0. The van der Waals surface area contributed by atoms with Crippen molar-refractivity contribution in [3.8, 4) is 11.8 Å². The SMILES string of the molecule is CN(C)C(=O)CN(C)C(=O)c1csc(C#CCCO)c1. The highest BCUT2D eigenvalue weighted by Gasteiger charge is 2.16. The van der Waals surface area contributed by atoms with Crippen LogP contribution >= 0.6 is 11.3 Å². The number of aliphatic hydroxyl groups is 1. The van der Waals surface area contributed by atoms with Crippen LogP contribution in [-0.4, -0.2) is 61.0 Å². The van der Waals surface area contributed by atoms with Crippen LogP contribution in [0, 0.1) is 11.8 Å². The van der Waals surface area contributed by atoms with Crippen LogP contribution in [0.25, 0.3) is 0 Å². The molecule has 0 saturated heterocycles. The van der Waals surface area contributed by atoms with Gasteiger partial charge in [0.05, 0.1) is 23.6 Å². The first-order valence-corrected chi connectivity index (χ1v) is 6.97. The van der Waals surface area contributed by atoms with E-state index in [2.05, 4.69) is 11.8 Å². The zero-order valence-corrected chi connectivity index (χ0v) is 12.7. The number of amides is 2. The zero-order valence-electron chi connectivity index (χ0n) is 11.8. The minimum atomic E-state index is -0.202. The van der Waals surface area contributed by atoms with E-state index in [-0.39, 0.29) is 25.0 Å². The first-order chi connectivity index (χ1) is 9.45. The van der Waals surface area contributed by atoms with Crippen LogP contribution in [0.3, 0.4) is 0 Å². The molecule has 1 aromatic heterocycles. The van der Waals surface area contributed by atoms with Gasteiger partial charge in [-0.15, -0.1) is 11.3 Å². The van der Waals surface area contributed by atoms with Gasteiger partial charge in [-0.3, -0.25) is 9.59 Å². The first-order valence-electron chi connectivity index (χ1n) is 6.09. The Kier molecular flexibility index (Phi) is 6.22. The van der Waals surface area contributed by atoms with Gasteiger partial charge >= 0.3 is 0 Å². The second-order valence-electron chi connectivity index (χ2n) is 4.42. The molecule has 20 heavy (non-hydrogen) atoms. The van der Waals surface area contributed by atoms with Crippen molar-refractivity contribution >= 4 is 23.2 Å². The lowest BCUT2D eigenvalue weighted by atomic mass is 10.2. The number of nitrogens with zero attached hydrogens (tertiary/aromatic N) is 2. The Labute approximate surface area is 122 Å². The second kappa shape index (κ2) is 7.68. The molecule has 1 heterocycles. The Hall–Kier alpha value is -1.84. The topological polar surface area (TPSA) is 60.9 Å². The summed E-state index contributed by atoms with van der Waals surface area (Å²) in [6.45, 7) is 0.0761. The van der Waals surface area contributed by atoms with Gasteiger partial charge in [-0.05, 0) is 6.07 Å². The van der Waals surface area contributed by atoms with Crippen LogP contribution in [0.1, 0.15) is 21.7 Å². The van der Waals surface area contributed by atoms with Gasteiger partial charge in [0.2, 0.25) is 5.91 Å². The lowest BCUT2D eigenvalue weighted by Gasteiger charge is -2.18. The molecule has 0 aliphatic carbocycles. The molecule has 1 N–H and O–H groups in total. The van der Waals surface area contributed by atoms with Gasteiger partial charge in [0, 0.05) is 32.9 Å². The van der Waals surface area contributed by atoms with E-state index < -0.39 is 0 Å². The first kappa shape index (κ1) is 16.2. The fourth-order valence-corrected chi connectivity index (χ4v) is 2.10. The summed E-state index contributed by atoms with van der Waals surface area (Å²) >= 11 is 1.37. The fourth-order valence-electron chi connectivity index (χ4n) is 1.36. The third-order valence-corrected chi connectivity index (χ3v) is 3.36. The van der Waals surface area contributed by atoms with Crippen LogP contribution in [-0.2, 0) is 4.79 Å². The van der Waals surface area contributed by atoms with Crippen molar-refractivity contribution in [2.45, 2.75) is 6.42 Å². The Balaban J connectivity index is 2.69. The summed E-state index contributed by atoms with van der Waals surface area (Å²) in [7, 11) is 4.90. The number of hydrogen-bond donors (Lipinski definition) is 1. The number of aliphatic hydroxyl groups excluding tert-OH is 1. The minimum Gasteiger partial charge on any atom is -0.395 e. The highest BCUT2D eigenvalue weighted by Crippen LogP contribution is 2.15. The highest BCUT2D eigenvalue weighted by molar-refractivity contribution is 7.10. The third kappa shape index (κ3) is 4.68. The monoisotopic (exact) mass is 294 g/mol. The zero-order chi connectivity index (χ0) is 15.1. The molecule has 5 nitrogen and oxygen atoms in total. The quantitative estimate of drug-likeness (QED) is 0.829. The van der Waals surface area contributed by atoms with Gasteiger partial charge in [-0.25, -0.2) is 0 Å². The Morgan fingerprint density at radius 1 is 1.35 bits per heavy atom. The summed E-state index contributed by atoms with van der Waals surface area (Å²) in [6.07, 6.45) is 0.415. The molecule has 108 valence electrons. The van der Waals surface area contributed by atoms with Crippen molar-refractivity contribution in [1.29, 1.82) is 0 Å². The van der Waals surface area contributed by atoms with Gasteiger partial charge in [-0.2, -0.15) is 0 Å². The van der Waals surface area contributed by atoms with E-state index in [0.29, 0.717) is 12.0 Å². The normalized spacial score (nSPS) is 9.60. The van der Waals surface area contributed by atoms with Crippen molar-refractivity contribution in [2.75, 3.05) is 34.3 Å². The molecule has 0 aliphatic rings. The summed E-state index contributed by atoms with van der Waals surface area (Å²) in [4.78, 5) is 27.3. The number of carbonyl (C=O) groups is 2. The standard InChI is InChI=1S/C14H18N2O3S/c1-15(2)13(18)9-16(3)14(19)11-8-12(20-10-11)6-4-5-7-17/h8,10,17H,5,7,9H2,1-3H3. The maximum atomic E-state index is 12.1. The van der Waals surface area contributed by atoms with Crippen molar-refractivity contribution in [1.82, 2.24) is 9.80 Å². The molecule has 0 aromatic carbocycles. The number of carbonyl (C=O) groups excluding carboxylic acids is 2. The molecule has 0 bridgehead atoms. The van der Waals surface area contributed by atoms with Crippen LogP contribution in [0.2, 0.25) is 0 Å². The van der Waals surface area contributed by atoms with E-state index in [1.165, 1.54) is 21.1 Å². The van der Waals surface area contributed by atoms with Gasteiger partial charge in [-0.1, -0.05) is 11.8 Å². The van der Waals surface area contributed by atoms with Gasteiger partial charge in [0.15, 0.2) is 0 Å². The van der Waals surface area contributed by atoms with Gasteiger partial charge in [0.25, 0.3) is 5.91 Å². The molecule has 0 atom stereocenters. The molecule has 2 amide bonds. The van der Waals surface area contributed by atoms with Crippen molar-refractivity contribution in [2.24, 2.45) is 0 Å². The molecule has 1 aromatic rings. The Bertz CT molecular complexity index is 540. The third-order valence-electron chi connectivity index (χ3n) is 2.51. The predicted molar refractivity (Wildman–Crippen MR) is 78.6 cm³/mol. The average molecular weight is 294 g/mol. The smallest absolute Gasteiger partial charge is 0.254 e. The van der Waals surface area contributed by atoms with Crippen molar-refractivity contribution in [3.63, 3.8) is 0 Å². The number of thiophene rings is 1. The van der Waals surface area contributed by atoms with Gasteiger partial charge < -0.3 is 14.9 Å². The lowest BCUT2D eigenvalue weighted by Crippen LogP contribution is -2.37. The number of hydrogen-bond acceptors (Lipinski definition) is 4. The summed E-state index contributed by atoms with van der Waals surface area (Å²) in [5.41, 5.74) is 0.525. The van der Waals surface area contributed by atoms with Crippen LogP contribution in [0.15, 0.2) is 11.4 Å². The maximum absolute atomic E-state index is 12.1. The molecule has 0 saturated carbocycles. The second-order valence-corrected chi connectivity index (χ2v) is 5.34. The summed E-state index contributed by atoms with van der Waals surface area (Å²) in [6, 6.07) is 1.70. The number of rotatable bonds is 4. The molecule has 0 fully saturated rings. The van der Waals surface area contributed by atoms with E-state index in [9.17, 15) is 9.59 Å². The lowest BCUT2D eigenvalue weighted by molar-refractivity contribution is -0.129. The van der Waals surface area contributed by atoms with Crippen LogP contribution in [0.5, 0.6) is 0 Å². The minimum absolute atomic E-state index is 0.0273. The van der Waals surface area contributed by atoms with Gasteiger partial charge in [0.1, 0.15) is 0 Å². The van der Waals surface area contributed by atoms with E-state index in [4.69, 9.17) is 5.11 Å². The largest absolute Gasteiger partial charge is 0.395 e. The summed E-state index contributed by atoms with van der Waals surface area (Å²) in [5.74, 6) is 5.36. The van der Waals surface area contributed by atoms with E-state index >= 15 is 0 Å². The van der Waals surface area contributed by atoms with Crippen molar-refractivity contribution in [3.05, 3.63) is 21.9 Å². The summed E-state index contributed by atoms with van der Waals surface area (Å²) in [5, 5.41) is 10.4. The molecule has 1 rings (SSSR count). The fraction of sp³-hybridized carbons (Fsp3) is 0.429. The Morgan fingerprint density at radius 2 is 2.05 bits per heavy atom. The van der Waals surface area contributed by atoms with E-state index in [0.717, 1.165) is 4.88 Å². The van der Waals surface area contributed by atoms with Crippen LogP contribution < -0.4 is 0 Å². The predicted octanol–water partition coefficient (Wildman–Crippen LogP) is 0.642. The molecular weight excluding hydrogens is 276 g/mol. The molecular formula is C14H18N2O3S. The van der Waals surface area contributed by atoms with Crippen LogP contribution in [0.4, 0.5) is 0 Å². The Morgan fingerprint density at radius 3 is 2.65 bits per heavy atom. The van der Waals surface area contributed by atoms with E-state index in [1.807, 2.05) is 0 Å². The highest BCUT2D eigenvalue weighted by atomic mass is 32.1. The molecule has 6 heteroatoms. The maximum Gasteiger partial charge on any atom is 0.254 e. The molecule has 0 unspecified atom stereocenters. The van der Waals surface area contributed by atoms with E-state index in [1.54, 1.807) is 32.6 Å². The van der Waals surface area contributed by atoms with Crippen molar-refractivity contribution < 1.29 is 14.7 Å². The molecule has 0 radical (unpaired) electrons.